The minimum atomic E-state index is -2.13. The van der Waals surface area contributed by atoms with Crippen molar-refractivity contribution in [1.82, 2.24) is 5.32 Å². The minimum Gasteiger partial charge on any atom is -0.430 e. The molecule has 0 spiro atoms. The topological polar surface area (TPSA) is 75.7 Å². The average molecular weight is 443 g/mol. The summed E-state index contributed by atoms with van der Waals surface area (Å²) in [6.45, 7) is 5.67. The molecule has 0 radical (unpaired) electrons. The van der Waals surface area contributed by atoms with Gasteiger partial charge in [-0.05, 0) is 44.5 Å². The van der Waals surface area contributed by atoms with Crippen LogP contribution in [0.3, 0.4) is 0 Å². The lowest BCUT2D eigenvalue weighted by Gasteiger charge is -2.31. The van der Waals surface area contributed by atoms with Crippen molar-refractivity contribution in [3.63, 3.8) is 0 Å². The molecule has 0 fully saturated rings. The number of hydrogen-bond donors (Lipinski definition) is 1. The van der Waals surface area contributed by atoms with E-state index in [1.807, 2.05) is 51.1 Å². The molecular weight excluding hydrogens is 416 g/mol. The Kier molecular flexibility index (Phi) is 5.77. The Labute approximate surface area is 193 Å². The highest BCUT2D eigenvalue weighted by molar-refractivity contribution is 6.21. The van der Waals surface area contributed by atoms with E-state index in [0.29, 0.717) is 11.3 Å². The van der Waals surface area contributed by atoms with Gasteiger partial charge in [0.15, 0.2) is 0 Å². The summed E-state index contributed by atoms with van der Waals surface area (Å²) in [5.74, 6) is -2.02. The molecular formula is C27H26N2O4. The fourth-order valence-electron chi connectivity index (χ4n) is 3.91. The molecule has 3 aromatic carbocycles. The van der Waals surface area contributed by atoms with Gasteiger partial charge >= 0.3 is 5.97 Å². The Bertz CT molecular complexity index is 1190. The Morgan fingerprint density at radius 1 is 0.879 bits per heavy atom. The molecule has 1 unspecified atom stereocenters. The first-order chi connectivity index (χ1) is 15.7. The number of rotatable bonds is 5. The van der Waals surface area contributed by atoms with E-state index < -0.39 is 28.9 Å². The largest absolute Gasteiger partial charge is 0.430 e. The molecule has 4 rings (SSSR count). The standard InChI is InChI=1S/C27H26N2O4/c1-26(2,3)28-24(31)27(33-23(30)20-14-8-5-9-15-20)21-16-10-11-17-22(21)29(25(27)32)18-19-12-6-4-7-13-19/h4-17H,18H2,1-3H3,(H,28,31). The summed E-state index contributed by atoms with van der Waals surface area (Å²) in [7, 11) is 0. The molecule has 1 atom stereocenters. The minimum absolute atomic E-state index is 0.240. The van der Waals surface area contributed by atoms with Crippen LogP contribution in [0, 0.1) is 0 Å². The van der Waals surface area contributed by atoms with Crippen molar-refractivity contribution in [2.24, 2.45) is 0 Å². The number of carbonyl (C=O) groups excluding carboxylic acids is 3. The van der Waals surface area contributed by atoms with Crippen molar-refractivity contribution in [3.05, 3.63) is 102 Å². The SMILES string of the molecule is CC(C)(C)NC(=O)C1(OC(=O)c2ccccc2)C(=O)N(Cc2ccccc2)c2ccccc21. The molecule has 0 bridgehead atoms. The van der Waals surface area contributed by atoms with Crippen molar-refractivity contribution in [2.45, 2.75) is 38.5 Å². The lowest BCUT2D eigenvalue weighted by Crippen LogP contribution is -2.57. The van der Waals surface area contributed by atoms with Crippen LogP contribution in [0.5, 0.6) is 0 Å². The van der Waals surface area contributed by atoms with Gasteiger partial charge in [-0.2, -0.15) is 0 Å². The Hall–Kier alpha value is -3.93. The molecule has 3 aromatic rings. The zero-order chi connectivity index (χ0) is 23.6. The number of benzene rings is 3. The molecule has 1 N–H and O–H groups in total. The van der Waals surface area contributed by atoms with E-state index in [2.05, 4.69) is 5.32 Å². The molecule has 6 nitrogen and oxygen atoms in total. The van der Waals surface area contributed by atoms with Crippen LogP contribution in [0.15, 0.2) is 84.9 Å². The van der Waals surface area contributed by atoms with Crippen molar-refractivity contribution in [3.8, 4) is 0 Å². The molecule has 2 amide bonds. The summed E-state index contributed by atoms with van der Waals surface area (Å²) in [6, 6.07) is 24.8. The molecule has 0 saturated heterocycles. The van der Waals surface area contributed by atoms with E-state index in [4.69, 9.17) is 4.74 Å². The number of amides is 2. The monoisotopic (exact) mass is 442 g/mol. The molecule has 0 aromatic heterocycles. The second-order valence-electron chi connectivity index (χ2n) is 9.03. The first-order valence-corrected chi connectivity index (χ1v) is 10.8. The predicted octanol–water partition coefficient (Wildman–Crippen LogP) is 4.20. The summed E-state index contributed by atoms with van der Waals surface area (Å²) in [5.41, 5.74) is -0.751. The van der Waals surface area contributed by atoms with Gasteiger partial charge in [0.05, 0.1) is 17.8 Å². The van der Waals surface area contributed by atoms with E-state index in [1.165, 1.54) is 4.90 Å². The average Bonchev–Trinajstić information content (AvgIpc) is 3.03. The third kappa shape index (κ3) is 4.24. The number of hydrogen-bond acceptors (Lipinski definition) is 4. The summed E-state index contributed by atoms with van der Waals surface area (Å²) >= 11 is 0. The fourth-order valence-corrected chi connectivity index (χ4v) is 3.91. The molecule has 1 aliphatic heterocycles. The van der Waals surface area contributed by atoms with Gasteiger partial charge < -0.3 is 15.0 Å². The maximum Gasteiger partial charge on any atom is 0.340 e. The van der Waals surface area contributed by atoms with E-state index >= 15 is 0 Å². The number of nitrogens with zero attached hydrogens (tertiary/aromatic N) is 1. The van der Waals surface area contributed by atoms with Gasteiger partial charge in [-0.1, -0.05) is 66.7 Å². The van der Waals surface area contributed by atoms with Crippen LogP contribution in [-0.4, -0.2) is 23.3 Å². The number of ether oxygens (including phenoxy) is 1. The first kappa shape index (κ1) is 22.3. The lowest BCUT2D eigenvalue weighted by atomic mass is 9.92. The van der Waals surface area contributed by atoms with E-state index in [-0.39, 0.29) is 12.1 Å². The van der Waals surface area contributed by atoms with Gasteiger partial charge in [0.2, 0.25) is 0 Å². The van der Waals surface area contributed by atoms with Crippen LogP contribution in [0.25, 0.3) is 0 Å². The van der Waals surface area contributed by atoms with Crippen molar-refractivity contribution >= 4 is 23.5 Å². The zero-order valence-corrected chi connectivity index (χ0v) is 18.9. The van der Waals surface area contributed by atoms with Gasteiger partial charge in [0.1, 0.15) is 0 Å². The van der Waals surface area contributed by atoms with Crippen LogP contribution in [0.1, 0.15) is 42.3 Å². The highest BCUT2D eigenvalue weighted by Gasteiger charge is 2.60. The van der Waals surface area contributed by atoms with Crippen molar-refractivity contribution < 1.29 is 19.1 Å². The number of anilines is 1. The highest BCUT2D eigenvalue weighted by Crippen LogP contribution is 2.44. The van der Waals surface area contributed by atoms with Gasteiger partial charge in [-0.3, -0.25) is 9.59 Å². The molecule has 6 heteroatoms. The zero-order valence-electron chi connectivity index (χ0n) is 18.9. The van der Waals surface area contributed by atoms with Gasteiger partial charge in [-0.25, -0.2) is 4.79 Å². The molecule has 1 aliphatic rings. The molecule has 33 heavy (non-hydrogen) atoms. The first-order valence-electron chi connectivity index (χ1n) is 10.8. The van der Waals surface area contributed by atoms with Crippen LogP contribution >= 0.6 is 0 Å². The fraction of sp³-hybridized carbons (Fsp3) is 0.222. The molecule has 1 heterocycles. The summed E-state index contributed by atoms with van der Waals surface area (Å²) in [6.07, 6.45) is 0. The van der Waals surface area contributed by atoms with Crippen molar-refractivity contribution in [2.75, 3.05) is 4.90 Å². The van der Waals surface area contributed by atoms with E-state index in [1.54, 1.807) is 54.6 Å². The Morgan fingerprint density at radius 2 is 1.45 bits per heavy atom. The predicted molar refractivity (Wildman–Crippen MR) is 126 cm³/mol. The Morgan fingerprint density at radius 3 is 2.09 bits per heavy atom. The second-order valence-corrected chi connectivity index (χ2v) is 9.03. The van der Waals surface area contributed by atoms with Gasteiger partial charge in [-0.15, -0.1) is 0 Å². The third-order valence-electron chi connectivity index (χ3n) is 5.37. The summed E-state index contributed by atoms with van der Waals surface area (Å²) < 4.78 is 5.86. The van der Waals surface area contributed by atoms with Gasteiger partial charge in [0.25, 0.3) is 17.4 Å². The number of fused-ring (bicyclic) bond motifs is 1. The summed E-state index contributed by atoms with van der Waals surface area (Å²) in [4.78, 5) is 42.3. The maximum atomic E-state index is 14.0. The number of carbonyl (C=O) groups is 3. The van der Waals surface area contributed by atoms with Gasteiger partial charge in [0, 0.05) is 11.1 Å². The maximum absolute atomic E-state index is 14.0. The van der Waals surface area contributed by atoms with Crippen LogP contribution in [0.2, 0.25) is 0 Å². The lowest BCUT2D eigenvalue weighted by molar-refractivity contribution is -0.154. The highest BCUT2D eigenvalue weighted by atomic mass is 16.6. The second kappa shape index (κ2) is 8.54. The number of para-hydroxylation sites is 1. The smallest absolute Gasteiger partial charge is 0.340 e. The van der Waals surface area contributed by atoms with E-state index in [9.17, 15) is 14.4 Å². The third-order valence-corrected chi connectivity index (χ3v) is 5.37. The normalized spacial score (nSPS) is 17.4. The molecule has 168 valence electrons. The van der Waals surface area contributed by atoms with Crippen molar-refractivity contribution in [1.29, 1.82) is 0 Å². The van der Waals surface area contributed by atoms with E-state index in [0.717, 1.165) is 5.56 Å². The molecule has 0 saturated carbocycles. The van der Waals surface area contributed by atoms with Crippen LogP contribution < -0.4 is 10.2 Å². The Balaban J connectivity index is 1.83. The van der Waals surface area contributed by atoms with Crippen LogP contribution in [-0.2, 0) is 26.5 Å². The molecule has 0 aliphatic carbocycles. The number of nitrogens with one attached hydrogen (secondary N) is 1. The summed E-state index contributed by atoms with van der Waals surface area (Å²) in [5, 5.41) is 2.85. The van der Waals surface area contributed by atoms with Crippen LogP contribution in [0.4, 0.5) is 5.69 Å². The number of esters is 1. The quantitative estimate of drug-likeness (QED) is 0.475.